The molecule has 2 aliphatic rings. The Kier molecular flexibility index (Phi) is 4.00. The highest BCUT2D eigenvalue weighted by atomic mass is 16.5. The quantitative estimate of drug-likeness (QED) is 0.801. The molecule has 6 nitrogen and oxygen atoms in total. The molecule has 3 N–H and O–H groups in total. The molecule has 1 aliphatic heterocycles. The predicted octanol–water partition coefficient (Wildman–Crippen LogP) is 2.69. The van der Waals surface area contributed by atoms with Crippen LogP contribution in [-0.4, -0.2) is 35.0 Å². The summed E-state index contributed by atoms with van der Waals surface area (Å²) in [6.45, 7) is 5.64. The number of nitrogens with one attached hydrogen (secondary N) is 3. The maximum absolute atomic E-state index is 12.3. The number of urea groups is 1. The highest BCUT2D eigenvalue weighted by Gasteiger charge is 2.59. The molecular weight excluding hydrogens is 316 g/mol. The molecule has 1 saturated heterocycles. The van der Waals surface area contributed by atoms with E-state index in [1.807, 2.05) is 30.3 Å². The molecule has 0 bridgehead atoms. The Balaban J connectivity index is 1.30. The zero-order valence-corrected chi connectivity index (χ0v) is 14.6. The van der Waals surface area contributed by atoms with Gasteiger partial charge in [0.1, 0.15) is 0 Å². The zero-order chi connectivity index (χ0) is 17.4. The lowest BCUT2D eigenvalue weighted by Crippen LogP contribution is -2.67. The summed E-state index contributed by atoms with van der Waals surface area (Å²) in [4.78, 5) is 12.3. The SMILES string of the molecule is CC1(C)[C@H](NC(=O)NCc2ccc(-c3ccn[nH]3)cc2)[C@H]2CCO[C@H]21. The van der Waals surface area contributed by atoms with E-state index in [0.29, 0.717) is 12.5 Å². The summed E-state index contributed by atoms with van der Waals surface area (Å²) >= 11 is 0. The minimum absolute atomic E-state index is 0.00420. The zero-order valence-electron chi connectivity index (χ0n) is 14.6. The van der Waals surface area contributed by atoms with Gasteiger partial charge in [-0.15, -0.1) is 0 Å². The molecular formula is C19H24N4O2. The fraction of sp³-hybridized carbons (Fsp3) is 0.474. The van der Waals surface area contributed by atoms with E-state index in [2.05, 4.69) is 34.7 Å². The van der Waals surface area contributed by atoms with Gasteiger partial charge in [0.15, 0.2) is 0 Å². The fourth-order valence-electron chi connectivity index (χ4n) is 4.21. The number of aromatic nitrogens is 2. The normalized spacial score (nSPS) is 26.6. The van der Waals surface area contributed by atoms with Gasteiger partial charge < -0.3 is 15.4 Å². The van der Waals surface area contributed by atoms with Gasteiger partial charge in [0, 0.05) is 36.7 Å². The lowest BCUT2D eigenvalue weighted by atomic mass is 9.57. The van der Waals surface area contributed by atoms with Crippen molar-refractivity contribution < 1.29 is 9.53 Å². The standard InChI is InChI=1S/C19H24N4O2/c1-19(2)16(14-8-10-25-17(14)19)22-18(24)20-11-12-3-5-13(6-4-12)15-7-9-21-23-15/h3-7,9,14,16-17H,8,10-11H2,1-2H3,(H,21,23)(H2,20,22,24)/t14-,16-,17-/m1/s1. The van der Waals surface area contributed by atoms with E-state index in [0.717, 1.165) is 29.8 Å². The molecule has 3 atom stereocenters. The first-order valence-electron chi connectivity index (χ1n) is 8.80. The van der Waals surface area contributed by atoms with E-state index < -0.39 is 0 Å². The van der Waals surface area contributed by atoms with Crippen molar-refractivity contribution in [1.29, 1.82) is 0 Å². The lowest BCUT2D eigenvalue weighted by Gasteiger charge is -2.54. The van der Waals surface area contributed by atoms with Crippen LogP contribution in [0.3, 0.4) is 0 Å². The van der Waals surface area contributed by atoms with E-state index in [-0.39, 0.29) is 23.6 Å². The topological polar surface area (TPSA) is 79.0 Å². The van der Waals surface area contributed by atoms with Crippen LogP contribution in [0.25, 0.3) is 11.3 Å². The predicted molar refractivity (Wildman–Crippen MR) is 94.8 cm³/mol. The fourth-order valence-corrected chi connectivity index (χ4v) is 4.21. The number of hydrogen-bond donors (Lipinski definition) is 3. The number of carbonyl (C=O) groups is 1. The summed E-state index contributed by atoms with van der Waals surface area (Å²) in [6.07, 6.45) is 3.05. The molecule has 1 aliphatic carbocycles. The Bertz CT molecular complexity index is 739. The van der Waals surface area contributed by atoms with Crippen molar-refractivity contribution in [1.82, 2.24) is 20.8 Å². The molecule has 1 saturated carbocycles. The number of carbonyl (C=O) groups excluding carboxylic acids is 1. The Hall–Kier alpha value is -2.34. The van der Waals surface area contributed by atoms with Gasteiger partial charge in [0.05, 0.1) is 11.8 Å². The summed E-state index contributed by atoms with van der Waals surface area (Å²) in [5.74, 6) is 0.453. The smallest absolute Gasteiger partial charge is 0.315 e. The number of ether oxygens (including phenoxy) is 1. The number of benzene rings is 1. The van der Waals surface area contributed by atoms with Crippen molar-refractivity contribution in [2.24, 2.45) is 11.3 Å². The largest absolute Gasteiger partial charge is 0.377 e. The van der Waals surface area contributed by atoms with Gasteiger partial charge >= 0.3 is 6.03 Å². The van der Waals surface area contributed by atoms with Gasteiger partial charge in [-0.1, -0.05) is 38.1 Å². The molecule has 0 unspecified atom stereocenters. The summed E-state index contributed by atoms with van der Waals surface area (Å²) in [6, 6.07) is 10.1. The Morgan fingerprint density at radius 3 is 2.84 bits per heavy atom. The molecule has 2 heterocycles. The number of hydrogen-bond acceptors (Lipinski definition) is 3. The molecule has 6 heteroatoms. The average molecular weight is 340 g/mol. The first-order valence-corrected chi connectivity index (χ1v) is 8.80. The molecule has 2 amide bonds. The second-order valence-corrected chi connectivity index (χ2v) is 7.54. The van der Waals surface area contributed by atoms with Crippen LogP contribution in [0.5, 0.6) is 0 Å². The van der Waals surface area contributed by atoms with Crippen LogP contribution < -0.4 is 10.6 Å². The second-order valence-electron chi connectivity index (χ2n) is 7.54. The summed E-state index contributed by atoms with van der Waals surface area (Å²) < 4.78 is 5.77. The van der Waals surface area contributed by atoms with Crippen LogP contribution in [-0.2, 0) is 11.3 Å². The van der Waals surface area contributed by atoms with Gasteiger partial charge in [-0.2, -0.15) is 5.10 Å². The van der Waals surface area contributed by atoms with E-state index in [4.69, 9.17) is 4.74 Å². The summed E-state index contributed by atoms with van der Waals surface area (Å²) in [5.41, 5.74) is 3.13. The van der Waals surface area contributed by atoms with Crippen molar-refractivity contribution in [3.63, 3.8) is 0 Å². The number of aromatic amines is 1. The number of amides is 2. The molecule has 0 spiro atoms. The molecule has 0 radical (unpaired) electrons. The van der Waals surface area contributed by atoms with E-state index in [9.17, 15) is 4.79 Å². The van der Waals surface area contributed by atoms with Crippen molar-refractivity contribution in [2.75, 3.05) is 6.61 Å². The van der Waals surface area contributed by atoms with E-state index in [1.165, 1.54) is 0 Å². The summed E-state index contributed by atoms with van der Waals surface area (Å²) in [5, 5.41) is 13.0. The van der Waals surface area contributed by atoms with Gasteiger partial charge in [0.25, 0.3) is 0 Å². The van der Waals surface area contributed by atoms with Crippen LogP contribution >= 0.6 is 0 Å². The number of H-pyrrole nitrogens is 1. The molecule has 2 aromatic rings. The van der Waals surface area contributed by atoms with Crippen LogP contribution in [0.15, 0.2) is 36.5 Å². The van der Waals surface area contributed by atoms with Crippen molar-refractivity contribution in [3.05, 3.63) is 42.1 Å². The molecule has 25 heavy (non-hydrogen) atoms. The van der Waals surface area contributed by atoms with Crippen LogP contribution in [0, 0.1) is 11.3 Å². The van der Waals surface area contributed by atoms with Crippen LogP contribution in [0.2, 0.25) is 0 Å². The van der Waals surface area contributed by atoms with E-state index in [1.54, 1.807) is 6.20 Å². The van der Waals surface area contributed by atoms with Gasteiger partial charge in [0.2, 0.25) is 0 Å². The lowest BCUT2D eigenvalue weighted by molar-refractivity contribution is -0.108. The Labute approximate surface area is 147 Å². The third-order valence-corrected chi connectivity index (χ3v) is 5.61. The number of nitrogens with zero attached hydrogens (tertiary/aromatic N) is 1. The molecule has 1 aromatic heterocycles. The van der Waals surface area contributed by atoms with Gasteiger partial charge in [-0.05, 0) is 23.6 Å². The maximum atomic E-state index is 12.3. The minimum Gasteiger partial charge on any atom is -0.377 e. The third kappa shape index (κ3) is 2.91. The number of fused-ring (bicyclic) bond motifs is 1. The van der Waals surface area contributed by atoms with Crippen molar-refractivity contribution in [3.8, 4) is 11.3 Å². The van der Waals surface area contributed by atoms with Crippen LogP contribution in [0.1, 0.15) is 25.8 Å². The first-order chi connectivity index (χ1) is 12.1. The summed E-state index contributed by atoms with van der Waals surface area (Å²) in [7, 11) is 0. The molecule has 1 aromatic carbocycles. The molecule has 4 rings (SSSR count). The minimum atomic E-state index is -0.110. The number of rotatable bonds is 4. The van der Waals surface area contributed by atoms with Crippen molar-refractivity contribution in [2.45, 2.75) is 39.0 Å². The third-order valence-electron chi connectivity index (χ3n) is 5.61. The second kappa shape index (κ2) is 6.19. The molecule has 132 valence electrons. The van der Waals surface area contributed by atoms with Gasteiger partial charge in [-0.25, -0.2) is 4.79 Å². The monoisotopic (exact) mass is 340 g/mol. The average Bonchev–Trinajstić information content (AvgIpc) is 3.29. The van der Waals surface area contributed by atoms with Gasteiger partial charge in [-0.3, -0.25) is 5.10 Å². The first kappa shape index (κ1) is 16.1. The Morgan fingerprint density at radius 2 is 2.12 bits per heavy atom. The van der Waals surface area contributed by atoms with Crippen molar-refractivity contribution >= 4 is 6.03 Å². The van der Waals surface area contributed by atoms with Crippen LogP contribution in [0.4, 0.5) is 4.79 Å². The highest BCUT2D eigenvalue weighted by Crippen LogP contribution is 2.52. The molecule has 2 fully saturated rings. The maximum Gasteiger partial charge on any atom is 0.315 e. The Morgan fingerprint density at radius 1 is 1.32 bits per heavy atom. The van der Waals surface area contributed by atoms with E-state index >= 15 is 0 Å². The highest BCUT2D eigenvalue weighted by molar-refractivity contribution is 5.74.